The van der Waals surface area contributed by atoms with Crippen molar-refractivity contribution in [3.05, 3.63) is 0 Å². The van der Waals surface area contributed by atoms with Crippen LogP contribution in [0.2, 0.25) is 0 Å². The largest absolute Gasteiger partial charge is 0.402 e. The molecule has 0 aliphatic rings. The molecule has 0 spiro atoms. The molecule has 0 fully saturated rings. The first-order valence-electron chi connectivity index (χ1n) is 2.81. The van der Waals surface area contributed by atoms with Crippen LogP contribution in [0.15, 0.2) is 0 Å². The summed E-state index contributed by atoms with van der Waals surface area (Å²) in [6.07, 6.45) is -4.48. The SMILES string of the molecule is CCS(=O)(=O)NCC(F)(F)F. The highest BCUT2D eigenvalue weighted by Gasteiger charge is 2.28. The van der Waals surface area contributed by atoms with Gasteiger partial charge in [0.05, 0.1) is 5.75 Å². The fourth-order valence-corrected chi connectivity index (χ4v) is 0.882. The van der Waals surface area contributed by atoms with E-state index in [0.29, 0.717) is 0 Å². The van der Waals surface area contributed by atoms with Gasteiger partial charge in [-0.3, -0.25) is 0 Å². The second kappa shape index (κ2) is 3.40. The molecule has 0 saturated heterocycles. The molecule has 3 nitrogen and oxygen atoms in total. The quantitative estimate of drug-likeness (QED) is 0.705. The zero-order chi connectivity index (χ0) is 9.12. The Morgan fingerprint density at radius 2 is 1.82 bits per heavy atom. The van der Waals surface area contributed by atoms with Crippen LogP contribution in [0.5, 0.6) is 0 Å². The first-order chi connectivity index (χ1) is 4.77. The van der Waals surface area contributed by atoms with Crippen molar-refractivity contribution in [3.63, 3.8) is 0 Å². The van der Waals surface area contributed by atoms with Gasteiger partial charge in [0.1, 0.15) is 6.54 Å². The second-order valence-corrected chi connectivity index (χ2v) is 3.94. The maximum absolute atomic E-state index is 11.4. The van der Waals surface area contributed by atoms with Crippen molar-refractivity contribution >= 4 is 10.0 Å². The van der Waals surface area contributed by atoms with Crippen LogP contribution in [0.4, 0.5) is 13.2 Å². The van der Waals surface area contributed by atoms with E-state index in [1.165, 1.54) is 11.6 Å². The van der Waals surface area contributed by atoms with Crippen molar-refractivity contribution in [3.8, 4) is 0 Å². The third-order valence-corrected chi connectivity index (χ3v) is 2.22. The van der Waals surface area contributed by atoms with Crippen molar-refractivity contribution in [2.75, 3.05) is 12.3 Å². The lowest BCUT2D eigenvalue weighted by Gasteiger charge is -2.06. The highest BCUT2D eigenvalue weighted by atomic mass is 32.2. The summed E-state index contributed by atoms with van der Waals surface area (Å²) in [4.78, 5) is 0. The Morgan fingerprint density at radius 1 is 1.36 bits per heavy atom. The van der Waals surface area contributed by atoms with E-state index in [2.05, 4.69) is 0 Å². The first kappa shape index (κ1) is 10.7. The molecule has 0 aliphatic heterocycles. The van der Waals surface area contributed by atoms with Gasteiger partial charge in [-0.25, -0.2) is 13.1 Å². The molecule has 0 radical (unpaired) electrons. The predicted octanol–water partition coefficient (Wildman–Crippen LogP) is 0.488. The van der Waals surface area contributed by atoms with Crippen molar-refractivity contribution < 1.29 is 21.6 Å². The van der Waals surface area contributed by atoms with Gasteiger partial charge < -0.3 is 0 Å². The minimum absolute atomic E-state index is 0.344. The number of sulfonamides is 1. The molecule has 0 aromatic heterocycles. The Kier molecular flexibility index (Phi) is 3.30. The van der Waals surface area contributed by atoms with Gasteiger partial charge in [-0.2, -0.15) is 13.2 Å². The number of hydrogen-bond acceptors (Lipinski definition) is 2. The Labute approximate surface area is 62.6 Å². The summed E-state index contributed by atoms with van der Waals surface area (Å²) in [6.45, 7) is -0.234. The summed E-state index contributed by atoms with van der Waals surface area (Å²) < 4.78 is 56.5. The van der Waals surface area contributed by atoms with Crippen LogP contribution in [-0.4, -0.2) is 26.9 Å². The fourth-order valence-electron chi connectivity index (χ4n) is 0.294. The van der Waals surface area contributed by atoms with Gasteiger partial charge in [0.25, 0.3) is 0 Å². The molecule has 0 rings (SSSR count). The van der Waals surface area contributed by atoms with E-state index in [1.807, 2.05) is 0 Å². The normalized spacial score (nSPS) is 13.5. The van der Waals surface area contributed by atoms with Crippen molar-refractivity contribution in [1.82, 2.24) is 4.72 Å². The molecule has 0 amide bonds. The van der Waals surface area contributed by atoms with Crippen molar-refractivity contribution in [2.24, 2.45) is 0 Å². The van der Waals surface area contributed by atoms with E-state index >= 15 is 0 Å². The fraction of sp³-hybridized carbons (Fsp3) is 1.00. The second-order valence-electron chi connectivity index (χ2n) is 1.84. The van der Waals surface area contributed by atoms with Gasteiger partial charge >= 0.3 is 6.18 Å². The average molecular weight is 191 g/mol. The Morgan fingerprint density at radius 3 is 2.09 bits per heavy atom. The van der Waals surface area contributed by atoms with Gasteiger partial charge in [-0.05, 0) is 6.92 Å². The molecule has 1 N–H and O–H groups in total. The molecular weight excluding hydrogens is 183 g/mol. The van der Waals surface area contributed by atoms with E-state index in [9.17, 15) is 21.6 Å². The monoisotopic (exact) mass is 191 g/mol. The lowest BCUT2D eigenvalue weighted by molar-refractivity contribution is -0.121. The molecule has 0 aromatic rings. The highest BCUT2D eigenvalue weighted by molar-refractivity contribution is 7.89. The summed E-state index contributed by atoms with van der Waals surface area (Å²) in [5.41, 5.74) is 0. The number of nitrogens with one attached hydrogen (secondary N) is 1. The zero-order valence-corrected chi connectivity index (χ0v) is 6.59. The maximum atomic E-state index is 11.4. The summed E-state index contributed by atoms with van der Waals surface area (Å²) in [6, 6.07) is 0. The summed E-state index contributed by atoms with van der Waals surface area (Å²) in [5, 5.41) is 0. The Balaban J connectivity index is 3.91. The molecule has 0 saturated carbocycles. The molecule has 0 aromatic carbocycles. The lowest BCUT2D eigenvalue weighted by atomic mass is 10.7. The molecular formula is C4H8F3NO2S. The predicted molar refractivity (Wildman–Crippen MR) is 33.5 cm³/mol. The molecule has 7 heteroatoms. The standard InChI is InChI=1S/C4H8F3NO2S/c1-2-11(9,10)8-3-4(5,6)7/h8H,2-3H2,1H3. The summed E-state index contributed by atoms with van der Waals surface area (Å²) in [7, 11) is -3.72. The van der Waals surface area contributed by atoms with Gasteiger partial charge in [-0.15, -0.1) is 0 Å². The van der Waals surface area contributed by atoms with E-state index in [4.69, 9.17) is 0 Å². The lowest BCUT2D eigenvalue weighted by Crippen LogP contribution is -2.34. The van der Waals surface area contributed by atoms with Crippen molar-refractivity contribution in [2.45, 2.75) is 13.1 Å². The van der Waals surface area contributed by atoms with Gasteiger partial charge in [-0.1, -0.05) is 0 Å². The zero-order valence-electron chi connectivity index (χ0n) is 5.77. The van der Waals surface area contributed by atoms with Gasteiger partial charge in [0.2, 0.25) is 10.0 Å². The van der Waals surface area contributed by atoms with Crippen LogP contribution < -0.4 is 4.72 Å². The number of alkyl halides is 3. The van der Waals surface area contributed by atoms with Gasteiger partial charge in [0.15, 0.2) is 0 Å². The van der Waals surface area contributed by atoms with Crippen molar-refractivity contribution in [1.29, 1.82) is 0 Å². The summed E-state index contributed by atoms with van der Waals surface area (Å²) >= 11 is 0. The average Bonchev–Trinajstić information content (AvgIpc) is 1.83. The van der Waals surface area contributed by atoms with Gasteiger partial charge in [0, 0.05) is 0 Å². The molecule has 0 aliphatic carbocycles. The van der Waals surface area contributed by atoms with Crippen LogP contribution in [-0.2, 0) is 10.0 Å². The number of rotatable bonds is 3. The molecule has 0 heterocycles. The van der Waals surface area contributed by atoms with Crippen LogP contribution >= 0.6 is 0 Å². The van der Waals surface area contributed by atoms with Crippen LogP contribution in [0, 0.1) is 0 Å². The third kappa shape index (κ3) is 6.11. The van der Waals surface area contributed by atoms with Crippen LogP contribution in [0.25, 0.3) is 0 Å². The van der Waals surface area contributed by atoms with E-state index in [-0.39, 0.29) is 5.75 Å². The van der Waals surface area contributed by atoms with E-state index in [1.54, 1.807) is 0 Å². The Bertz CT molecular complexity index is 208. The third-order valence-electron chi connectivity index (χ3n) is 0.873. The molecule has 0 unspecified atom stereocenters. The number of halogens is 3. The first-order valence-corrected chi connectivity index (χ1v) is 4.46. The minimum Gasteiger partial charge on any atom is -0.212 e. The molecule has 11 heavy (non-hydrogen) atoms. The maximum Gasteiger partial charge on any atom is 0.402 e. The summed E-state index contributed by atoms with van der Waals surface area (Å²) in [5.74, 6) is -0.344. The molecule has 0 atom stereocenters. The van der Waals surface area contributed by atoms with Crippen LogP contribution in [0.3, 0.4) is 0 Å². The molecule has 68 valence electrons. The van der Waals surface area contributed by atoms with E-state index in [0.717, 1.165) is 0 Å². The highest BCUT2D eigenvalue weighted by Crippen LogP contribution is 2.12. The van der Waals surface area contributed by atoms with E-state index < -0.39 is 22.7 Å². The van der Waals surface area contributed by atoms with Crippen LogP contribution in [0.1, 0.15) is 6.92 Å². The number of hydrogen-bond donors (Lipinski definition) is 1. The molecule has 0 bridgehead atoms. The minimum atomic E-state index is -4.48. The topological polar surface area (TPSA) is 46.2 Å². The Hall–Kier alpha value is -0.300. The smallest absolute Gasteiger partial charge is 0.212 e.